The first-order valence-corrected chi connectivity index (χ1v) is 9.72. The van der Waals surface area contributed by atoms with E-state index in [0.717, 1.165) is 31.4 Å². The minimum atomic E-state index is -0.326. The number of likely N-dealkylation sites (tertiary alicyclic amines) is 1. The second kappa shape index (κ2) is 8.03. The summed E-state index contributed by atoms with van der Waals surface area (Å²) in [5.74, 6) is 0.656. The highest BCUT2D eigenvalue weighted by atomic mass is 19.1. The van der Waals surface area contributed by atoms with Gasteiger partial charge in [0.15, 0.2) is 0 Å². The maximum Gasteiger partial charge on any atom is 0.253 e. The predicted molar refractivity (Wildman–Crippen MR) is 99.2 cm³/mol. The minimum Gasteiger partial charge on any atom is -0.476 e. The first-order chi connectivity index (χ1) is 13.2. The number of aryl methyl sites for hydroxylation is 2. The Labute approximate surface area is 158 Å². The molecule has 0 unspecified atom stereocenters. The summed E-state index contributed by atoms with van der Waals surface area (Å²) >= 11 is 0. The van der Waals surface area contributed by atoms with Crippen molar-refractivity contribution in [2.45, 2.75) is 38.5 Å². The molecule has 0 spiro atoms. The Bertz CT molecular complexity index is 802. The predicted octanol–water partition coefficient (Wildman–Crippen LogP) is 3.43. The Morgan fingerprint density at radius 1 is 1.11 bits per heavy atom. The SMILES string of the molecule is O=C(c1ccc(F)cc1)N1CCC(COc2cc3c(nn2)CCCC3)CC1. The number of ether oxygens (including phenoxy) is 1. The number of amides is 1. The summed E-state index contributed by atoms with van der Waals surface area (Å²) in [5.41, 5.74) is 2.92. The van der Waals surface area contributed by atoms with Gasteiger partial charge in [-0.15, -0.1) is 5.10 Å². The van der Waals surface area contributed by atoms with Gasteiger partial charge in [-0.25, -0.2) is 4.39 Å². The number of carbonyl (C=O) groups is 1. The van der Waals surface area contributed by atoms with Crippen molar-refractivity contribution in [3.8, 4) is 5.88 Å². The smallest absolute Gasteiger partial charge is 0.253 e. The van der Waals surface area contributed by atoms with Crippen molar-refractivity contribution in [3.63, 3.8) is 0 Å². The van der Waals surface area contributed by atoms with Gasteiger partial charge in [-0.1, -0.05) is 0 Å². The van der Waals surface area contributed by atoms with E-state index in [2.05, 4.69) is 10.2 Å². The molecule has 2 aromatic rings. The first kappa shape index (κ1) is 17.9. The third kappa shape index (κ3) is 4.26. The topological polar surface area (TPSA) is 55.3 Å². The molecule has 5 nitrogen and oxygen atoms in total. The summed E-state index contributed by atoms with van der Waals surface area (Å²) in [4.78, 5) is 14.3. The number of benzene rings is 1. The molecule has 1 fully saturated rings. The molecular weight excluding hydrogens is 345 g/mol. The van der Waals surface area contributed by atoms with Gasteiger partial charge < -0.3 is 9.64 Å². The summed E-state index contributed by atoms with van der Waals surface area (Å²) in [5, 5.41) is 8.50. The second-order valence-electron chi connectivity index (χ2n) is 7.42. The second-order valence-corrected chi connectivity index (χ2v) is 7.42. The van der Waals surface area contributed by atoms with Gasteiger partial charge in [0, 0.05) is 24.7 Å². The third-order valence-corrected chi connectivity index (χ3v) is 5.51. The summed E-state index contributed by atoms with van der Waals surface area (Å²) in [6.07, 6.45) is 6.26. The molecule has 0 N–H and O–H groups in total. The van der Waals surface area contributed by atoms with Crippen molar-refractivity contribution >= 4 is 5.91 Å². The van der Waals surface area contributed by atoms with Crippen molar-refractivity contribution in [2.75, 3.05) is 19.7 Å². The van der Waals surface area contributed by atoms with Crippen LogP contribution in [0.1, 0.15) is 47.3 Å². The molecule has 1 amide bonds. The first-order valence-electron chi connectivity index (χ1n) is 9.72. The molecule has 0 radical (unpaired) electrons. The molecule has 0 atom stereocenters. The molecule has 1 saturated heterocycles. The Hall–Kier alpha value is -2.50. The Kier molecular flexibility index (Phi) is 5.32. The van der Waals surface area contributed by atoms with Crippen LogP contribution >= 0.6 is 0 Å². The fourth-order valence-electron chi connectivity index (χ4n) is 3.82. The number of carbonyl (C=O) groups excluding carboxylic acids is 1. The maximum absolute atomic E-state index is 13.0. The van der Waals surface area contributed by atoms with Crippen molar-refractivity contribution in [1.82, 2.24) is 15.1 Å². The van der Waals surface area contributed by atoms with Gasteiger partial charge in [0.05, 0.1) is 12.3 Å². The van der Waals surface area contributed by atoms with E-state index in [-0.39, 0.29) is 11.7 Å². The summed E-state index contributed by atoms with van der Waals surface area (Å²) in [7, 11) is 0. The maximum atomic E-state index is 13.0. The standard InChI is InChI=1S/C21H24FN3O2/c22-18-7-5-16(6-8-18)21(26)25-11-9-15(10-12-25)14-27-20-13-17-3-1-2-4-19(17)23-24-20/h5-8,13,15H,1-4,9-12,14H2. The van der Waals surface area contributed by atoms with Crippen LogP contribution < -0.4 is 4.74 Å². The monoisotopic (exact) mass is 369 g/mol. The molecule has 142 valence electrons. The molecular formula is C21H24FN3O2. The fourth-order valence-corrected chi connectivity index (χ4v) is 3.82. The molecule has 0 saturated carbocycles. The van der Waals surface area contributed by atoms with Crippen molar-refractivity contribution < 1.29 is 13.9 Å². The van der Waals surface area contributed by atoms with Crippen LogP contribution in [0, 0.1) is 11.7 Å². The van der Waals surface area contributed by atoms with E-state index in [9.17, 15) is 9.18 Å². The number of halogens is 1. The van der Waals surface area contributed by atoms with E-state index in [1.165, 1.54) is 30.5 Å². The van der Waals surface area contributed by atoms with Crippen molar-refractivity contribution in [1.29, 1.82) is 0 Å². The van der Waals surface area contributed by atoms with Crippen LogP contribution in [0.4, 0.5) is 4.39 Å². The molecule has 1 aromatic carbocycles. The number of hydrogen-bond donors (Lipinski definition) is 0. The van der Waals surface area contributed by atoms with E-state index in [1.54, 1.807) is 12.1 Å². The number of piperidine rings is 1. The van der Waals surface area contributed by atoms with Gasteiger partial charge in [-0.2, -0.15) is 5.10 Å². The van der Waals surface area contributed by atoms with Gasteiger partial charge >= 0.3 is 0 Å². The molecule has 2 heterocycles. The van der Waals surface area contributed by atoms with Crippen LogP contribution in [0.15, 0.2) is 30.3 Å². The van der Waals surface area contributed by atoms with Crippen LogP contribution in [-0.4, -0.2) is 40.7 Å². The minimum absolute atomic E-state index is 0.0325. The van der Waals surface area contributed by atoms with Crippen LogP contribution in [0.2, 0.25) is 0 Å². The zero-order valence-electron chi connectivity index (χ0n) is 15.4. The van der Waals surface area contributed by atoms with E-state index >= 15 is 0 Å². The van der Waals surface area contributed by atoms with Crippen LogP contribution in [0.25, 0.3) is 0 Å². The lowest BCUT2D eigenvalue weighted by molar-refractivity contribution is 0.0659. The number of nitrogens with zero attached hydrogens (tertiary/aromatic N) is 3. The molecule has 1 aliphatic carbocycles. The quantitative estimate of drug-likeness (QED) is 0.829. The normalized spacial score (nSPS) is 17.4. The van der Waals surface area contributed by atoms with Gasteiger partial charge in [0.2, 0.25) is 5.88 Å². The number of fused-ring (bicyclic) bond motifs is 1. The molecule has 27 heavy (non-hydrogen) atoms. The Morgan fingerprint density at radius 3 is 2.63 bits per heavy atom. The average molecular weight is 369 g/mol. The largest absolute Gasteiger partial charge is 0.476 e. The van der Waals surface area contributed by atoms with Gasteiger partial charge in [-0.3, -0.25) is 4.79 Å². The van der Waals surface area contributed by atoms with E-state index in [0.29, 0.717) is 37.1 Å². The molecule has 1 aromatic heterocycles. The highest BCUT2D eigenvalue weighted by molar-refractivity contribution is 5.94. The number of rotatable bonds is 4. The molecule has 2 aliphatic rings. The number of hydrogen-bond acceptors (Lipinski definition) is 4. The fraction of sp³-hybridized carbons (Fsp3) is 0.476. The molecule has 4 rings (SSSR count). The Morgan fingerprint density at radius 2 is 1.85 bits per heavy atom. The summed E-state index contributed by atoms with van der Waals surface area (Å²) in [6, 6.07) is 7.78. The van der Waals surface area contributed by atoms with E-state index < -0.39 is 0 Å². The zero-order chi connectivity index (χ0) is 18.6. The van der Waals surface area contributed by atoms with Gasteiger partial charge in [0.25, 0.3) is 5.91 Å². The average Bonchev–Trinajstić information content (AvgIpc) is 2.72. The van der Waals surface area contributed by atoms with Crippen LogP contribution in [0.5, 0.6) is 5.88 Å². The summed E-state index contributed by atoms with van der Waals surface area (Å²) < 4.78 is 18.9. The van der Waals surface area contributed by atoms with Crippen LogP contribution in [-0.2, 0) is 12.8 Å². The van der Waals surface area contributed by atoms with Gasteiger partial charge in [0.1, 0.15) is 5.82 Å². The summed E-state index contributed by atoms with van der Waals surface area (Å²) in [6.45, 7) is 1.99. The molecule has 0 bridgehead atoms. The lowest BCUT2D eigenvalue weighted by Crippen LogP contribution is -2.39. The molecule has 1 aliphatic heterocycles. The highest BCUT2D eigenvalue weighted by Crippen LogP contribution is 2.23. The van der Waals surface area contributed by atoms with Crippen molar-refractivity contribution in [2.24, 2.45) is 5.92 Å². The Balaban J connectivity index is 1.27. The van der Waals surface area contributed by atoms with Gasteiger partial charge in [-0.05, 0) is 74.3 Å². The highest BCUT2D eigenvalue weighted by Gasteiger charge is 2.24. The van der Waals surface area contributed by atoms with E-state index in [1.807, 2.05) is 11.0 Å². The third-order valence-electron chi connectivity index (χ3n) is 5.51. The zero-order valence-corrected chi connectivity index (χ0v) is 15.4. The van der Waals surface area contributed by atoms with Crippen LogP contribution in [0.3, 0.4) is 0 Å². The van der Waals surface area contributed by atoms with Crippen molar-refractivity contribution in [3.05, 3.63) is 53.0 Å². The lowest BCUT2D eigenvalue weighted by Gasteiger charge is -2.31. The van der Waals surface area contributed by atoms with E-state index in [4.69, 9.17) is 4.74 Å². The lowest BCUT2D eigenvalue weighted by atomic mass is 9.96. The molecule has 6 heteroatoms. The number of aromatic nitrogens is 2.